The van der Waals surface area contributed by atoms with Gasteiger partial charge in [0.15, 0.2) is 0 Å². The van der Waals surface area contributed by atoms with Gasteiger partial charge in [-0.3, -0.25) is 0 Å². The van der Waals surface area contributed by atoms with Gasteiger partial charge in [0.1, 0.15) is 4.75 Å². The summed E-state index contributed by atoms with van der Waals surface area (Å²) in [4.78, 5) is 0. The smallest absolute Gasteiger partial charge is 0.263 e. The van der Waals surface area contributed by atoms with Crippen molar-refractivity contribution in [1.29, 1.82) is 0 Å². The molecule has 0 radical (unpaired) electrons. The normalized spacial score (nSPS) is 25.2. The molecule has 4 rings (SSSR count). The minimum atomic E-state index is -3.67. The summed E-state index contributed by atoms with van der Waals surface area (Å²) in [5, 5.41) is 8.44. The third-order valence-corrected chi connectivity index (χ3v) is 8.03. The third kappa shape index (κ3) is 2.72. The van der Waals surface area contributed by atoms with E-state index in [-0.39, 0.29) is 0 Å². The summed E-state index contributed by atoms with van der Waals surface area (Å²) >= 11 is 0. The molecule has 1 saturated heterocycles. The summed E-state index contributed by atoms with van der Waals surface area (Å²) in [5.74, 6) is 0.463. The van der Waals surface area contributed by atoms with Gasteiger partial charge in [0.2, 0.25) is 0 Å². The first-order valence-corrected chi connectivity index (χ1v) is 10.6. The molecule has 2 aliphatic rings. The summed E-state index contributed by atoms with van der Waals surface area (Å²) in [5.41, 5.74) is 3.14. The second-order valence-electron chi connectivity index (χ2n) is 7.61. The predicted octanol–water partition coefficient (Wildman–Crippen LogP) is 3.25. The Labute approximate surface area is 154 Å². The molecule has 138 valence electrons. The Bertz CT molecular complexity index is 997. The lowest BCUT2D eigenvalue weighted by molar-refractivity contribution is 0.401. The van der Waals surface area contributed by atoms with Crippen LogP contribution < -0.4 is 5.32 Å². The fraction of sp³-hybridized carbons (Fsp3) is 0.450. The number of benzene rings is 1. The molecule has 0 bridgehead atoms. The maximum absolute atomic E-state index is 13.5. The van der Waals surface area contributed by atoms with Gasteiger partial charge in [0.05, 0.1) is 11.7 Å². The summed E-state index contributed by atoms with van der Waals surface area (Å²) in [6, 6.07) is 7.44. The Balaban J connectivity index is 1.73. The van der Waals surface area contributed by atoms with Crippen LogP contribution in [0.25, 0.3) is 10.9 Å². The Morgan fingerprint density at radius 2 is 1.96 bits per heavy atom. The molecule has 1 aromatic carbocycles. The minimum Gasteiger partial charge on any atom is -0.317 e. The maximum Gasteiger partial charge on any atom is 0.263 e. The van der Waals surface area contributed by atoms with E-state index in [1.807, 2.05) is 43.3 Å². The van der Waals surface area contributed by atoms with Crippen LogP contribution in [0.4, 0.5) is 0 Å². The van der Waals surface area contributed by atoms with Crippen LogP contribution in [-0.4, -0.2) is 35.4 Å². The summed E-state index contributed by atoms with van der Waals surface area (Å²) < 4.78 is 27.3. The fourth-order valence-electron chi connectivity index (χ4n) is 4.14. The Morgan fingerprint density at radius 3 is 2.73 bits per heavy atom. The molecule has 1 fully saturated rings. The Kier molecular flexibility index (Phi) is 4.28. The van der Waals surface area contributed by atoms with Crippen LogP contribution in [0.3, 0.4) is 0 Å². The lowest BCUT2D eigenvalue weighted by atomic mass is 9.79. The fourth-order valence-corrected chi connectivity index (χ4v) is 5.70. The first-order valence-electron chi connectivity index (χ1n) is 9.20. The predicted molar refractivity (Wildman–Crippen MR) is 105 cm³/mol. The SMILES string of the molecule is CC1=C(C2CCNCC2)CC(C)(S(=O)(=O)n2ncc3ccccc32)C=C1. The van der Waals surface area contributed by atoms with Gasteiger partial charge in [-0.2, -0.15) is 9.19 Å². The second-order valence-corrected chi connectivity index (χ2v) is 9.84. The number of fused-ring (bicyclic) bond motifs is 1. The second kappa shape index (κ2) is 6.35. The zero-order valence-electron chi connectivity index (χ0n) is 15.3. The molecule has 6 heteroatoms. The molecule has 1 aromatic heterocycles. The van der Waals surface area contributed by atoms with Gasteiger partial charge in [0.25, 0.3) is 10.0 Å². The average Bonchev–Trinajstić information content (AvgIpc) is 3.09. The molecule has 1 aliphatic carbocycles. The number of rotatable bonds is 3. The van der Waals surface area contributed by atoms with E-state index >= 15 is 0 Å². The highest BCUT2D eigenvalue weighted by molar-refractivity contribution is 7.91. The lowest BCUT2D eigenvalue weighted by Crippen LogP contribution is -2.41. The van der Waals surface area contributed by atoms with Crippen molar-refractivity contribution in [3.8, 4) is 0 Å². The van der Waals surface area contributed by atoms with Crippen LogP contribution in [0, 0.1) is 5.92 Å². The molecule has 0 saturated carbocycles. The van der Waals surface area contributed by atoms with Crippen LogP contribution in [0.15, 0.2) is 53.8 Å². The van der Waals surface area contributed by atoms with E-state index in [0.717, 1.165) is 31.3 Å². The zero-order chi connectivity index (χ0) is 18.4. The number of para-hydroxylation sites is 1. The zero-order valence-corrected chi connectivity index (χ0v) is 16.1. The Morgan fingerprint density at radius 1 is 1.23 bits per heavy atom. The topological polar surface area (TPSA) is 64.0 Å². The first kappa shape index (κ1) is 17.5. The standard InChI is InChI=1S/C20H25N3O2S/c1-15-7-10-20(2,13-18(15)16-8-11-21-12-9-16)26(24,25)23-19-6-4-3-5-17(19)14-22-23/h3-7,10,14,16,21H,8-9,11-13H2,1-2H3. The number of allylic oxidation sites excluding steroid dienone is 3. The van der Waals surface area contributed by atoms with Gasteiger partial charge < -0.3 is 5.32 Å². The number of hydrogen-bond acceptors (Lipinski definition) is 4. The quantitative estimate of drug-likeness (QED) is 0.900. The highest BCUT2D eigenvalue weighted by Gasteiger charge is 2.43. The van der Waals surface area contributed by atoms with E-state index in [9.17, 15) is 8.42 Å². The molecular formula is C20H25N3O2S. The van der Waals surface area contributed by atoms with Gasteiger partial charge >= 0.3 is 0 Å². The third-order valence-electron chi connectivity index (χ3n) is 5.83. The van der Waals surface area contributed by atoms with Crippen molar-refractivity contribution in [1.82, 2.24) is 14.5 Å². The van der Waals surface area contributed by atoms with Crippen molar-refractivity contribution in [2.45, 2.75) is 37.9 Å². The van der Waals surface area contributed by atoms with E-state index in [4.69, 9.17) is 0 Å². The molecular weight excluding hydrogens is 346 g/mol. The monoisotopic (exact) mass is 371 g/mol. The average molecular weight is 372 g/mol. The van der Waals surface area contributed by atoms with Crippen molar-refractivity contribution in [2.24, 2.45) is 5.92 Å². The molecule has 1 aliphatic heterocycles. The number of aromatic nitrogens is 2. The number of hydrogen-bond donors (Lipinski definition) is 1. The van der Waals surface area contributed by atoms with E-state index in [1.165, 1.54) is 15.2 Å². The molecule has 26 heavy (non-hydrogen) atoms. The molecule has 0 spiro atoms. The van der Waals surface area contributed by atoms with E-state index in [2.05, 4.69) is 17.3 Å². The van der Waals surface area contributed by atoms with Crippen molar-refractivity contribution in [3.63, 3.8) is 0 Å². The minimum absolute atomic E-state index is 0.463. The van der Waals surface area contributed by atoms with Crippen LogP contribution >= 0.6 is 0 Å². The maximum atomic E-state index is 13.5. The molecule has 2 aromatic rings. The van der Waals surface area contributed by atoms with Crippen LogP contribution in [0.1, 0.15) is 33.1 Å². The van der Waals surface area contributed by atoms with E-state index in [0.29, 0.717) is 17.9 Å². The van der Waals surface area contributed by atoms with E-state index in [1.54, 1.807) is 6.20 Å². The summed E-state index contributed by atoms with van der Waals surface area (Å²) in [7, 11) is -3.67. The lowest BCUT2D eigenvalue weighted by Gasteiger charge is -2.35. The van der Waals surface area contributed by atoms with Gasteiger partial charge in [-0.15, -0.1) is 0 Å². The van der Waals surface area contributed by atoms with Gasteiger partial charge in [-0.1, -0.05) is 41.5 Å². The molecule has 2 heterocycles. The van der Waals surface area contributed by atoms with Crippen molar-refractivity contribution in [3.05, 3.63) is 53.8 Å². The molecule has 1 unspecified atom stereocenters. The Hall–Kier alpha value is -1.92. The van der Waals surface area contributed by atoms with Crippen LogP contribution in [0.2, 0.25) is 0 Å². The van der Waals surface area contributed by atoms with Crippen LogP contribution in [0.5, 0.6) is 0 Å². The first-order chi connectivity index (χ1) is 12.4. The van der Waals surface area contributed by atoms with E-state index < -0.39 is 14.8 Å². The highest BCUT2D eigenvalue weighted by atomic mass is 32.2. The van der Waals surface area contributed by atoms with Crippen molar-refractivity contribution >= 4 is 20.9 Å². The molecule has 0 amide bonds. The molecule has 1 atom stereocenters. The van der Waals surface area contributed by atoms with Crippen molar-refractivity contribution in [2.75, 3.05) is 13.1 Å². The molecule has 1 N–H and O–H groups in total. The number of nitrogens with zero attached hydrogens (tertiary/aromatic N) is 2. The molecule has 5 nitrogen and oxygen atoms in total. The number of piperidine rings is 1. The largest absolute Gasteiger partial charge is 0.317 e. The summed E-state index contributed by atoms with van der Waals surface area (Å²) in [6.07, 6.45) is 8.14. The highest BCUT2D eigenvalue weighted by Crippen LogP contribution is 2.40. The van der Waals surface area contributed by atoms with Crippen LogP contribution in [-0.2, 0) is 10.0 Å². The number of nitrogens with one attached hydrogen (secondary N) is 1. The van der Waals surface area contributed by atoms with Gasteiger partial charge in [0, 0.05) is 5.39 Å². The summed E-state index contributed by atoms with van der Waals surface area (Å²) in [6.45, 7) is 5.92. The van der Waals surface area contributed by atoms with Gasteiger partial charge in [-0.05, 0) is 58.2 Å². The van der Waals surface area contributed by atoms with Crippen molar-refractivity contribution < 1.29 is 8.42 Å². The van der Waals surface area contributed by atoms with Gasteiger partial charge in [-0.25, -0.2) is 8.42 Å².